The maximum atomic E-state index is 6.06. The second-order valence-corrected chi connectivity index (χ2v) is 16.8. The molecule has 1 heterocycles. The first-order chi connectivity index (χ1) is 24.8. The molecule has 0 aliphatic carbocycles. The topological polar surface area (TPSA) is 89.6 Å². The number of hydrogen-bond acceptors (Lipinski definition) is 11. The second kappa shape index (κ2) is 24.4. The summed E-state index contributed by atoms with van der Waals surface area (Å²) in [7, 11) is 18.2. The molecule has 0 radical (unpaired) electrons. The van der Waals surface area contributed by atoms with Crippen LogP contribution in [-0.4, -0.2) is 105 Å². The van der Waals surface area contributed by atoms with E-state index >= 15 is 0 Å². The first kappa shape index (κ1) is 42.6. The van der Waals surface area contributed by atoms with Gasteiger partial charge in [0.1, 0.15) is 49.4 Å². The smallest absolute Gasteiger partial charge is 0.144 e. The summed E-state index contributed by atoms with van der Waals surface area (Å²) in [5, 5.41) is 0. The Kier molecular flexibility index (Phi) is 20.4. The summed E-state index contributed by atoms with van der Waals surface area (Å²) < 4.78 is 52.5. The molecule has 0 saturated carbocycles. The first-order valence-corrected chi connectivity index (χ1v) is 22.0. The van der Waals surface area contributed by atoms with Gasteiger partial charge in [-0.3, -0.25) is 0 Å². The van der Waals surface area contributed by atoms with Crippen molar-refractivity contribution in [2.75, 3.05) is 104 Å². The van der Waals surface area contributed by atoms with Gasteiger partial charge in [-0.15, -0.1) is 0 Å². The molecule has 1 aliphatic heterocycles. The molecule has 0 spiro atoms. The van der Waals surface area contributed by atoms with Crippen LogP contribution in [0.2, 0.25) is 0 Å². The second-order valence-electron chi connectivity index (χ2n) is 11.1. The summed E-state index contributed by atoms with van der Waals surface area (Å²) in [6, 6.07) is 19.4. The molecule has 0 bridgehead atoms. The van der Waals surface area contributed by atoms with Crippen LogP contribution < -0.4 is 33.5 Å². The number of benzene rings is 3. The molecular weight excluding hydrogens is 788 g/mol. The van der Waals surface area contributed by atoms with Crippen molar-refractivity contribution in [1.29, 1.82) is 0 Å². The van der Waals surface area contributed by atoms with Crippen LogP contribution in [0.1, 0.15) is 19.4 Å². The van der Waals surface area contributed by atoms with Crippen molar-refractivity contribution < 1.29 is 56.1 Å². The van der Waals surface area contributed by atoms with Gasteiger partial charge in [-0.05, 0) is 24.3 Å². The fraction of sp³-hybridized carbons (Fsp3) is 0.459. The van der Waals surface area contributed by atoms with Crippen LogP contribution in [0.25, 0.3) is 0 Å². The van der Waals surface area contributed by atoms with Crippen LogP contribution >= 0.6 is 19.4 Å². The number of halogens is 2. The number of anilines is 2. The van der Waals surface area contributed by atoms with Crippen molar-refractivity contribution in [1.82, 2.24) is 0 Å². The molecule has 0 aromatic heterocycles. The van der Waals surface area contributed by atoms with E-state index in [-0.39, 0.29) is 6.10 Å². The van der Waals surface area contributed by atoms with E-state index in [2.05, 4.69) is 9.80 Å². The molecule has 0 atom stereocenters. The molecule has 14 heteroatoms. The molecule has 1 fully saturated rings. The molecule has 0 N–H and O–H groups in total. The van der Waals surface area contributed by atoms with Crippen LogP contribution in [0.5, 0.6) is 28.7 Å². The van der Waals surface area contributed by atoms with E-state index in [9.17, 15) is 0 Å². The van der Waals surface area contributed by atoms with Gasteiger partial charge < -0.3 is 47.7 Å². The molecule has 286 valence electrons. The number of rotatable bonds is 21. The molecule has 1 aliphatic rings. The van der Waals surface area contributed by atoms with Gasteiger partial charge in [-0.1, -0.05) is 12.1 Å². The molecule has 4 rings (SSSR count). The van der Waals surface area contributed by atoms with E-state index in [1.165, 1.54) is 0 Å². The standard InChI is InChI=1S/C27H39N2O8.C10H12O.2ClH.Ru/c1-30-13-17-34-22-7-5-8-23(35-18-14-31-2)26(22)28-11-12-29(21-28)27-24(36-19-15-32-3)9-6-10-25(27)37-20-16-33-4;1-8(2)11-10-7-5-4-6-9(10)3;;;/h5-10,21H,11-20H2,1-4H3;3-8H,1-2H3;2*1H;/q-1;;;;+2/p-2. The summed E-state index contributed by atoms with van der Waals surface area (Å²) in [6.07, 6.45) is 0.163. The summed E-state index contributed by atoms with van der Waals surface area (Å²) in [5.41, 5.74) is 2.68. The maximum absolute atomic E-state index is 6.06. The molecule has 3 aromatic carbocycles. The minimum Gasteiger partial charge on any atom is -0.496 e. The Labute approximate surface area is 316 Å². The van der Waals surface area contributed by atoms with Crippen LogP contribution in [0.15, 0.2) is 60.7 Å². The number of para-hydroxylation sites is 3. The monoisotopic (exact) mass is 839 g/mol. The van der Waals surface area contributed by atoms with Gasteiger partial charge in [0, 0.05) is 41.5 Å². The molecule has 0 amide bonds. The van der Waals surface area contributed by atoms with Crippen molar-refractivity contribution in [3.63, 3.8) is 0 Å². The third-order valence-electron chi connectivity index (χ3n) is 7.01. The zero-order valence-corrected chi connectivity index (χ0v) is 33.5. The van der Waals surface area contributed by atoms with Crippen molar-refractivity contribution in [3.8, 4) is 28.7 Å². The zero-order chi connectivity index (χ0) is 36.8. The predicted molar refractivity (Wildman–Crippen MR) is 200 cm³/mol. The normalized spacial score (nSPS) is 12.7. The Bertz CT molecular complexity index is 1330. The average molecular weight is 840 g/mol. The number of hydrogen-bond donors (Lipinski definition) is 0. The molecule has 1 saturated heterocycles. The van der Waals surface area contributed by atoms with Gasteiger partial charge in [-0.25, -0.2) is 0 Å². The summed E-state index contributed by atoms with van der Waals surface area (Å²) in [6.45, 7) is 11.1. The Balaban J connectivity index is 0.000000419. The Morgan fingerprint density at radius 3 is 1.31 bits per heavy atom. The maximum Gasteiger partial charge on any atom is 0.144 e. The fourth-order valence-electron chi connectivity index (χ4n) is 4.82. The Hall–Kier alpha value is -2.83. The van der Waals surface area contributed by atoms with Gasteiger partial charge in [0.05, 0.1) is 37.8 Å². The minimum absolute atomic E-state index is 0.163. The fourth-order valence-corrected chi connectivity index (χ4v) is 6.63. The Morgan fingerprint density at radius 2 is 0.961 bits per heavy atom. The van der Waals surface area contributed by atoms with E-state index in [0.29, 0.717) is 88.9 Å². The molecule has 3 aromatic rings. The molecule has 51 heavy (non-hydrogen) atoms. The SMILES string of the molecule is CC(C)Oc1ccccc1[CH]=[Ru]([Cl])[Cl].COCCOc1cccc(OCCOC)c1N1[CH-]N(c2c(OCCOC)cccc2OCCOC)CC1. The van der Waals surface area contributed by atoms with Crippen molar-refractivity contribution in [2.24, 2.45) is 0 Å². The molecule has 0 unspecified atom stereocenters. The zero-order valence-electron chi connectivity index (χ0n) is 30.3. The third-order valence-corrected chi connectivity index (χ3v) is 8.84. The van der Waals surface area contributed by atoms with Crippen molar-refractivity contribution in [2.45, 2.75) is 20.0 Å². The van der Waals surface area contributed by atoms with E-state index in [0.717, 1.165) is 22.7 Å². The van der Waals surface area contributed by atoms with Crippen LogP contribution in [-0.2, 0) is 32.5 Å². The van der Waals surface area contributed by atoms with Gasteiger partial charge >= 0.3 is 97.8 Å². The molecular formula is C37H51Cl2N2O9Ru-. The number of ether oxygens (including phenoxy) is 9. The van der Waals surface area contributed by atoms with E-state index in [4.69, 9.17) is 62.0 Å². The van der Waals surface area contributed by atoms with Gasteiger partial charge in [0.2, 0.25) is 0 Å². The quantitative estimate of drug-likeness (QED) is 0.0647. The van der Waals surface area contributed by atoms with E-state index in [1.807, 2.05) is 85.8 Å². The summed E-state index contributed by atoms with van der Waals surface area (Å²) >= 11 is -1.77. The van der Waals surface area contributed by atoms with Gasteiger partial charge in [0.25, 0.3) is 0 Å². The first-order valence-electron chi connectivity index (χ1n) is 16.5. The largest absolute Gasteiger partial charge is 0.496 e. The molecule has 11 nitrogen and oxygen atoms in total. The average Bonchev–Trinajstić information content (AvgIpc) is 3.59. The predicted octanol–water partition coefficient (Wildman–Crippen LogP) is 6.78. The van der Waals surface area contributed by atoms with E-state index in [1.54, 1.807) is 28.4 Å². The number of methoxy groups -OCH3 is 4. The minimum atomic E-state index is -1.77. The van der Waals surface area contributed by atoms with Crippen molar-refractivity contribution in [3.05, 3.63) is 72.9 Å². The van der Waals surface area contributed by atoms with Crippen LogP contribution in [0.4, 0.5) is 11.4 Å². The van der Waals surface area contributed by atoms with E-state index < -0.39 is 13.5 Å². The number of nitrogens with zero attached hydrogens (tertiary/aromatic N) is 2. The Morgan fingerprint density at radius 1 is 0.588 bits per heavy atom. The summed E-state index contributed by atoms with van der Waals surface area (Å²) in [4.78, 5) is 4.24. The van der Waals surface area contributed by atoms with Crippen LogP contribution in [0.3, 0.4) is 0 Å². The van der Waals surface area contributed by atoms with Gasteiger partial charge in [-0.2, -0.15) is 6.67 Å². The van der Waals surface area contributed by atoms with Crippen LogP contribution in [0, 0.1) is 6.67 Å². The van der Waals surface area contributed by atoms with Gasteiger partial charge in [0.15, 0.2) is 0 Å². The van der Waals surface area contributed by atoms with Crippen molar-refractivity contribution >= 4 is 35.4 Å². The summed E-state index contributed by atoms with van der Waals surface area (Å²) in [5.74, 6) is 3.71. The third kappa shape index (κ3) is 14.6.